The third-order valence-corrected chi connectivity index (χ3v) is 3.86. The van der Waals surface area contributed by atoms with Crippen molar-refractivity contribution in [2.75, 3.05) is 0 Å². The summed E-state index contributed by atoms with van der Waals surface area (Å²) < 4.78 is 0. The highest BCUT2D eigenvalue weighted by atomic mass is 16.4. The van der Waals surface area contributed by atoms with E-state index in [4.69, 9.17) is 5.11 Å². The number of hydrogen-bond acceptors (Lipinski definition) is 3. The molecule has 1 aromatic heterocycles. The summed E-state index contributed by atoms with van der Waals surface area (Å²) in [5.41, 5.74) is 3.29. The monoisotopic (exact) mass is 284 g/mol. The van der Waals surface area contributed by atoms with Crippen molar-refractivity contribution in [2.45, 2.75) is 32.2 Å². The summed E-state index contributed by atoms with van der Waals surface area (Å²) >= 11 is 0. The van der Waals surface area contributed by atoms with Crippen molar-refractivity contribution in [3.05, 3.63) is 41.1 Å². The molecule has 1 atom stereocenters. The first-order chi connectivity index (χ1) is 10.1. The maximum Gasteiger partial charge on any atom is 0.325 e. The number of aromatic nitrogens is 1. The molecule has 1 amide bonds. The topological polar surface area (TPSA) is 79.3 Å². The SMILES string of the molecule is C[C@@H](NC(=O)c1c2c(nc3ccccc13)CCC2)C(=O)O. The first-order valence-electron chi connectivity index (χ1n) is 7.02. The van der Waals surface area contributed by atoms with E-state index in [1.165, 1.54) is 6.92 Å². The fourth-order valence-corrected chi connectivity index (χ4v) is 2.80. The van der Waals surface area contributed by atoms with E-state index in [2.05, 4.69) is 10.3 Å². The maximum absolute atomic E-state index is 12.5. The Morgan fingerprint density at radius 2 is 2.05 bits per heavy atom. The lowest BCUT2D eigenvalue weighted by molar-refractivity contribution is -0.138. The number of carbonyl (C=O) groups is 2. The number of aliphatic carboxylic acids is 1. The molecule has 0 fully saturated rings. The molecule has 2 aromatic rings. The molecule has 0 unspecified atom stereocenters. The van der Waals surface area contributed by atoms with Crippen LogP contribution in [0.5, 0.6) is 0 Å². The highest BCUT2D eigenvalue weighted by Crippen LogP contribution is 2.29. The van der Waals surface area contributed by atoms with E-state index in [0.717, 1.165) is 41.4 Å². The Labute approximate surface area is 122 Å². The van der Waals surface area contributed by atoms with E-state index in [1.807, 2.05) is 24.3 Å². The zero-order valence-corrected chi connectivity index (χ0v) is 11.7. The summed E-state index contributed by atoms with van der Waals surface area (Å²) in [6.07, 6.45) is 2.67. The fourth-order valence-electron chi connectivity index (χ4n) is 2.80. The molecule has 108 valence electrons. The van der Waals surface area contributed by atoms with Gasteiger partial charge in [0.15, 0.2) is 0 Å². The average Bonchev–Trinajstić information content (AvgIpc) is 2.91. The average molecular weight is 284 g/mol. The van der Waals surface area contributed by atoms with Gasteiger partial charge in [0.2, 0.25) is 0 Å². The molecule has 0 aliphatic heterocycles. The van der Waals surface area contributed by atoms with Gasteiger partial charge in [0, 0.05) is 11.1 Å². The first-order valence-corrected chi connectivity index (χ1v) is 7.02. The van der Waals surface area contributed by atoms with Crippen molar-refractivity contribution in [1.82, 2.24) is 10.3 Å². The van der Waals surface area contributed by atoms with E-state index in [0.29, 0.717) is 5.56 Å². The molecule has 3 rings (SSSR count). The molecule has 1 aliphatic carbocycles. The number of para-hydroxylation sites is 1. The van der Waals surface area contributed by atoms with Crippen LogP contribution in [0.1, 0.15) is 35.0 Å². The van der Waals surface area contributed by atoms with Gasteiger partial charge in [-0.15, -0.1) is 0 Å². The standard InChI is InChI=1S/C16H16N2O3/c1-9(16(20)21)17-15(19)14-10-5-2-3-7-12(10)18-13-8-4-6-11(13)14/h2-3,5,7,9H,4,6,8H2,1H3,(H,17,19)(H,20,21)/t9-/m1/s1. The molecule has 1 heterocycles. The van der Waals surface area contributed by atoms with Crippen LogP contribution >= 0.6 is 0 Å². The van der Waals surface area contributed by atoms with Crippen LogP contribution in [0.15, 0.2) is 24.3 Å². The van der Waals surface area contributed by atoms with Gasteiger partial charge in [-0.1, -0.05) is 18.2 Å². The number of carboxylic acids is 1. The van der Waals surface area contributed by atoms with Crippen molar-refractivity contribution in [2.24, 2.45) is 0 Å². The quantitative estimate of drug-likeness (QED) is 0.902. The molecule has 1 aromatic carbocycles. The van der Waals surface area contributed by atoms with E-state index >= 15 is 0 Å². The molecule has 0 spiro atoms. The lowest BCUT2D eigenvalue weighted by Crippen LogP contribution is -2.38. The Balaban J connectivity index is 2.12. The largest absolute Gasteiger partial charge is 0.480 e. The third-order valence-electron chi connectivity index (χ3n) is 3.86. The Bertz CT molecular complexity index is 740. The van der Waals surface area contributed by atoms with Crippen LogP contribution in [-0.2, 0) is 17.6 Å². The molecule has 21 heavy (non-hydrogen) atoms. The van der Waals surface area contributed by atoms with E-state index in [1.54, 1.807) is 0 Å². The fraction of sp³-hybridized carbons (Fsp3) is 0.312. The Hall–Kier alpha value is -2.43. The minimum atomic E-state index is -1.04. The molecule has 0 saturated heterocycles. The smallest absolute Gasteiger partial charge is 0.325 e. The number of benzene rings is 1. The predicted octanol–water partition coefficient (Wildman–Crippen LogP) is 1.93. The lowest BCUT2D eigenvalue weighted by atomic mass is 10.0. The Kier molecular flexibility index (Phi) is 3.33. The highest BCUT2D eigenvalue weighted by molar-refractivity contribution is 6.08. The number of pyridine rings is 1. The molecular formula is C16H16N2O3. The van der Waals surface area contributed by atoms with Crippen LogP contribution in [-0.4, -0.2) is 28.0 Å². The molecule has 0 radical (unpaired) electrons. The molecule has 0 saturated carbocycles. The second-order valence-corrected chi connectivity index (χ2v) is 5.32. The van der Waals surface area contributed by atoms with Crippen LogP contribution in [0.4, 0.5) is 0 Å². The maximum atomic E-state index is 12.5. The van der Waals surface area contributed by atoms with Gasteiger partial charge in [-0.25, -0.2) is 0 Å². The van der Waals surface area contributed by atoms with Crippen molar-refractivity contribution >= 4 is 22.8 Å². The number of carbonyl (C=O) groups excluding carboxylic acids is 1. The van der Waals surface area contributed by atoms with Crippen molar-refractivity contribution in [3.8, 4) is 0 Å². The number of rotatable bonds is 3. The van der Waals surface area contributed by atoms with Crippen molar-refractivity contribution in [1.29, 1.82) is 0 Å². The summed E-state index contributed by atoms with van der Waals surface area (Å²) in [7, 11) is 0. The third kappa shape index (κ3) is 2.35. The summed E-state index contributed by atoms with van der Waals surface area (Å²) in [6, 6.07) is 6.58. The number of hydrogen-bond donors (Lipinski definition) is 2. The highest BCUT2D eigenvalue weighted by Gasteiger charge is 2.25. The van der Waals surface area contributed by atoms with Gasteiger partial charge in [-0.2, -0.15) is 0 Å². The molecule has 0 bridgehead atoms. The Morgan fingerprint density at radius 1 is 1.29 bits per heavy atom. The number of nitrogens with zero attached hydrogens (tertiary/aromatic N) is 1. The zero-order chi connectivity index (χ0) is 15.0. The van der Waals surface area contributed by atoms with Gasteiger partial charge in [0.1, 0.15) is 6.04 Å². The van der Waals surface area contributed by atoms with Crippen molar-refractivity contribution in [3.63, 3.8) is 0 Å². The molecule has 1 aliphatic rings. The number of nitrogens with one attached hydrogen (secondary N) is 1. The second kappa shape index (κ2) is 5.16. The number of aryl methyl sites for hydroxylation is 1. The second-order valence-electron chi connectivity index (χ2n) is 5.32. The number of fused-ring (bicyclic) bond motifs is 2. The molecule has 5 nitrogen and oxygen atoms in total. The number of carboxylic acid groups (broad SMARTS) is 1. The minimum Gasteiger partial charge on any atom is -0.480 e. The predicted molar refractivity (Wildman–Crippen MR) is 78.3 cm³/mol. The van der Waals surface area contributed by atoms with Crippen LogP contribution in [0, 0.1) is 0 Å². The molecule has 2 N–H and O–H groups in total. The molecule has 5 heteroatoms. The first kappa shape index (κ1) is 13.5. The van der Waals surface area contributed by atoms with E-state index < -0.39 is 12.0 Å². The summed E-state index contributed by atoms with van der Waals surface area (Å²) in [5, 5.41) is 12.3. The van der Waals surface area contributed by atoms with Crippen LogP contribution < -0.4 is 5.32 Å². The Morgan fingerprint density at radius 3 is 2.81 bits per heavy atom. The summed E-state index contributed by atoms with van der Waals surface area (Å²) in [6.45, 7) is 1.46. The van der Waals surface area contributed by atoms with Gasteiger partial charge < -0.3 is 10.4 Å². The minimum absolute atomic E-state index is 0.332. The van der Waals surface area contributed by atoms with Gasteiger partial charge in [-0.05, 0) is 37.8 Å². The summed E-state index contributed by atoms with van der Waals surface area (Å²) in [4.78, 5) is 28.1. The van der Waals surface area contributed by atoms with Crippen LogP contribution in [0.3, 0.4) is 0 Å². The van der Waals surface area contributed by atoms with Gasteiger partial charge in [0.25, 0.3) is 5.91 Å². The molecular weight excluding hydrogens is 268 g/mol. The van der Waals surface area contributed by atoms with E-state index in [-0.39, 0.29) is 5.91 Å². The normalized spacial score (nSPS) is 14.7. The van der Waals surface area contributed by atoms with E-state index in [9.17, 15) is 9.59 Å². The van der Waals surface area contributed by atoms with Gasteiger partial charge in [-0.3, -0.25) is 14.6 Å². The van der Waals surface area contributed by atoms with Gasteiger partial charge >= 0.3 is 5.97 Å². The van der Waals surface area contributed by atoms with Crippen LogP contribution in [0.25, 0.3) is 10.9 Å². The van der Waals surface area contributed by atoms with Crippen molar-refractivity contribution < 1.29 is 14.7 Å². The number of amides is 1. The zero-order valence-electron chi connectivity index (χ0n) is 11.7. The summed E-state index contributed by atoms with van der Waals surface area (Å²) in [5.74, 6) is -1.37. The lowest BCUT2D eigenvalue weighted by Gasteiger charge is -2.14. The van der Waals surface area contributed by atoms with Gasteiger partial charge in [0.05, 0.1) is 11.1 Å². The van der Waals surface area contributed by atoms with Crippen LogP contribution in [0.2, 0.25) is 0 Å².